The number of nitrogens with one attached hydrogen (secondary N) is 1. The molecule has 1 aromatic rings. The van der Waals surface area contributed by atoms with E-state index in [4.69, 9.17) is 0 Å². The fourth-order valence-electron chi connectivity index (χ4n) is 3.30. The number of aliphatic hydroxyl groups is 1. The Morgan fingerprint density at radius 2 is 1.95 bits per heavy atom. The van der Waals surface area contributed by atoms with Crippen molar-refractivity contribution in [3.8, 4) is 0 Å². The van der Waals surface area contributed by atoms with Crippen molar-refractivity contribution in [2.75, 3.05) is 45.8 Å². The van der Waals surface area contributed by atoms with Crippen LogP contribution in [0.3, 0.4) is 0 Å². The maximum absolute atomic E-state index is 12.4. The number of hydrogen-bond acceptors (Lipinski definition) is 4. The summed E-state index contributed by atoms with van der Waals surface area (Å²) in [6.07, 6.45) is 0.508. The van der Waals surface area contributed by atoms with Crippen LogP contribution in [-0.4, -0.2) is 66.6 Å². The van der Waals surface area contributed by atoms with Crippen molar-refractivity contribution in [3.05, 3.63) is 35.9 Å². The van der Waals surface area contributed by atoms with Gasteiger partial charge in [-0.1, -0.05) is 30.3 Å². The van der Waals surface area contributed by atoms with E-state index in [1.54, 1.807) is 0 Å². The molecule has 3 rings (SSSR count). The highest BCUT2D eigenvalue weighted by Gasteiger charge is 2.29. The van der Waals surface area contributed by atoms with Crippen LogP contribution in [0.5, 0.6) is 0 Å². The van der Waals surface area contributed by atoms with E-state index in [-0.39, 0.29) is 5.92 Å². The highest BCUT2D eigenvalue weighted by molar-refractivity contribution is 5.79. The molecular formula is C17H25N3O2. The molecule has 2 N–H and O–H groups in total. The zero-order valence-electron chi connectivity index (χ0n) is 12.9. The summed E-state index contributed by atoms with van der Waals surface area (Å²) >= 11 is 0. The van der Waals surface area contributed by atoms with Gasteiger partial charge >= 0.3 is 0 Å². The number of benzene rings is 1. The first-order valence-corrected chi connectivity index (χ1v) is 8.19. The van der Waals surface area contributed by atoms with Gasteiger partial charge in [-0.3, -0.25) is 9.69 Å². The summed E-state index contributed by atoms with van der Waals surface area (Å²) < 4.78 is 0. The van der Waals surface area contributed by atoms with E-state index in [0.29, 0.717) is 12.5 Å². The summed E-state index contributed by atoms with van der Waals surface area (Å²) in [5, 5.41) is 13.5. The van der Waals surface area contributed by atoms with E-state index in [9.17, 15) is 9.90 Å². The van der Waals surface area contributed by atoms with Crippen molar-refractivity contribution in [2.45, 2.75) is 12.5 Å². The van der Waals surface area contributed by atoms with Crippen LogP contribution in [-0.2, 0) is 4.79 Å². The Bertz CT molecular complexity index is 480. The first-order chi connectivity index (χ1) is 10.7. The Morgan fingerprint density at radius 1 is 1.23 bits per heavy atom. The first-order valence-electron chi connectivity index (χ1n) is 8.19. The highest BCUT2D eigenvalue weighted by Crippen LogP contribution is 2.17. The lowest BCUT2D eigenvalue weighted by Gasteiger charge is -2.36. The molecule has 1 aromatic carbocycles. The largest absolute Gasteiger partial charge is 0.387 e. The van der Waals surface area contributed by atoms with Crippen LogP contribution in [0.1, 0.15) is 18.1 Å². The van der Waals surface area contributed by atoms with Gasteiger partial charge < -0.3 is 15.3 Å². The SMILES string of the molecule is O=C(C1CCNC1)N1CCN(CC(O)c2ccccc2)CC1. The van der Waals surface area contributed by atoms with Gasteiger partial charge in [0.1, 0.15) is 0 Å². The molecule has 22 heavy (non-hydrogen) atoms. The zero-order valence-corrected chi connectivity index (χ0v) is 12.9. The lowest BCUT2D eigenvalue weighted by molar-refractivity contribution is -0.136. The van der Waals surface area contributed by atoms with Gasteiger partial charge in [-0.2, -0.15) is 0 Å². The van der Waals surface area contributed by atoms with Gasteiger partial charge in [0.25, 0.3) is 0 Å². The molecule has 5 nitrogen and oxygen atoms in total. The van der Waals surface area contributed by atoms with Gasteiger partial charge in [0.15, 0.2) is 0 Å². The maximum atomic E-state index is 12.4. The number of piperazine rings is 1. The van der Waals surface area contributed by atoms with Crippen molar-refractivity contribution in [3.63, 3.8) is 0 Å². The monoisotopic (exact) mass is 303 g/mol. The minimum Gasteiger partial charge on any atom is -0.387 e. The molecular weight excluding hydrogens is 278 g/mol. The molecule has 0 aromatic heterocycles. The summed E-state index contributed by atoms with van der Waals surface area (Å²) in [4.78, 5) is 16.6. The fraction of sp³-hybridized carbons (Fsp3) is 0.588. The van der Waals surface area contributed by atoms with Crippen LogP contribution < -0.4 is 5.32 Å². The third kappa shape index (κ3) is 3.66. The summed E-state index contributed by atoms with van der Waals surface area (Å²) in [6.45, 7) is 5.65. The number of aliphatic hydroxyl groups excluding tert-OH is 1. The highest BCUT2D eigenvalue weighted by atomic mass is 16.3. The normalized spacial score (nSPS) is 24.4. The summed E-state index contributed by atoms with van der Waals surface area (Å²) in [7, 11) is 0. The standard InChI is InChI=1S/C17H25N3O2/c21-16(14-4-2-1-3-5-14)13-19-8-10-20(11-9-19)17(22)15-6-7-18-12-15/h1-5,15-16,18,21H,6-13H2. The van der Waals surface area contributed by atoms with Crippen LogP contribution >= 0.6 is 0 Å². The van der Waals surface area contributed by atoms with Gasteiger partial charge in [0, 0.05) is 39.3 Å². The lowest BCUT2D eigenvalue weighted by atomic mass is 10.1. The fourth-order valence-corrected chi connectivity index (χ4v) is 3.30. The predicted octanol–water partition coefficient (Wildman–Crippen LogP) is 0.474. The molecule has 0 bridgehead atoms. The summed E-state index contributed by atoms with van der Waals surface area (Å²) in [5.41, 5.74) is 0.957. The second-order valence-corrected chi connectivity index (χ2v) is 6.24. The summed E-state index contributed by atoms with van der Waals surface area (Å²) in [5.74, 6) is 0.467. The molecule has 120 valence electrons. The van der Waals surface area contributed by atoms with Gasteiger partial charge in [-0.05, 0) is 18.5 Å². The van der Waals surface area contributed by atoms with Crippen LogP contribution in [0.15, 0.2) is 30.3 Å². The first kappa shape index (κ1) is 15.5. The molecule has 0 spiro atoms. The molecule has 0 saturated carbocycles. The van der Waals surface area contributed by atoms with Gasteiger partial charge in [0.2, 0.25) is 5.91 Å². The Labute approximate surface area is 131 Å². The van der Waals surface area contributed by atoms with Crippen molar-refractivity contribution in [1.29, 1.82) is 0 Å². The zero-order chi connectivity index (χ0) is 15.4. The van der Waals surface area contributed by atoms with E-state index < -0.39 is 6.10 Å². The Kier molecular flexibility index (Phi) is 5.08. The molecule has 2 saturated heterocycles. The molecule has 0 radical (unpaired) electrons. The van der Waals surface area contributed by atoms with Crippen LogP contribution in [0.4, 0.5) is 0 Å². The molecule has 0 aliphatic carbocycles. The Hall–Kier alpha value is -1.43. The van der Waals surface area contributed by atoms with E-state index in [1.807, 2.05) is 35.2 Å². The Balaban J connectivity index is 1.46. The number of hydrogen-bond donors (Lipinski definition) is 2. The second kappa shape index (κ2) is 7.22. The topological polar surface area (TPSA) is 55.8 Å². The van der Waals surface area contributed by atoms with Crippen LogP contribution in [0.25, 0.3) is 0 Å². The minimum atomic E-state index is -0.456. The molecule has 1 amide bonds. The number of rotatable bonds is 4. The molecule has 2 atom stereocenters. The number of amides is 1. The molecule has 2 aliphatic heterocycles. The second-order valence-electron chi connectivity index (χ2n) is 6.24. The predicted molar refractivity (Wildman–Crippen MR) is 85.4 cm³/mol. The summed E-state index contributed by atoms with van der Waals surface area (Å²) in [6, 6.07) is 9.77. The van der Waals surface area contributed by atoms with Crippen molar-refractivity contribution >= 4 is 5.91 Å². The van der Waals surface area contributed by atoms with E-state index >= 15 is 0 Å². The number of carbonyl (C=O) groups is 1. The van der Waals surface area contributed by atoms with Crippen molar-refractivity contribution in [1.82, 2.24) is 15.1 Å². The molecule has 2 fully saturated rings. The van der Waals surface area contributed by atoms with Gasteiger partial charge in [-0.15, -0.1) is 0 Å². The minimum absolute atomic E-state index is 0.168. The quantitative estimate of drug-likeness (QED) is 0.849. The molecule has 2 aliphatic rings. The smallest absolute Gasteiger partial charge is 0.227 e. The average molecular weight is 303 g/mol. The lowest BCUT2D eigenvalue weighted by Crippen LogP contribution is -2.51. The third-order valence-corrected chi connectivity index (χ3v) is 4.71. The van der Waals surface area contributed by atoms with E-state index in [1.165, 1.54) is 0 Å². The van der Waals surface area contributed by atoms with Gasteiger partial charge in [-0.25, -0.2) is 0 Å². The van der Waals surface area contributed by atoms with Crippen molar-refractivity contribution in [2.24, 2.45) is 5.92 Å². The number of β-amino-alcohol motifs (C(OH)–C–C–N with tert-alkyl or cyclic N) is 1. The van der Waals surface area contributed by atoms with Crippen LogP contribution in [0, 0.1) is 5.92 Å². The molecule has 2 heterocycles. The van der Waals surface area contributed by atoms with Crippen molar-refractivity contribution < 1.29 is 9.90 Å². The number of nitrogens with zero attached hydrogens (tertiary/aromatic N) is 2. The van der Waals surface area contributed by atoms with Gasteiger partial charge in [0.05, 0.1) is 12.0 Å². The maximum Gasteiger partial charge on any atom is 0.227 e. The Morgan fingerprint density at radius 3 is 2.59 bits per heavy atom. The van der Waals surface area contributed by atoms with E-state index in [0.717, 1.165) is 51.3 Å². The average Bonchev–Trinajstić information content (AvgIpc) is 3.10. The van der Waals surface area contributed by atoms with Crippen LogP contribution in [0.2, 0.25) is 0 Å². The number of carbonyl (C=O) groups excluding carboxylic acids is 1. The van der Waals surface area contributed by atoms with E-state index in [2.05, 4.69) is 10.2 Å². The third-order valence-electron chi connectivity index (χ3n) is 4.71. The molecule has 2 unspecified atom stereocenters. The molecule has 5 heteroatoms.